The lowest BCUT2D eigenvalue weighted by atomic mass is 10.1. The van der Waals surface area contributed by atoms with Gasteiger partial charge in [0, 0.05) is 12.0 Å². The van der Waals surface area contributed by atoms with Crippen molar-refractivity contribution in [2.45, 2.75) is 39.2 Å². The van der Waals surface area contributed by atoms with E-state index in [-0.39, 0.29) is 5.60 Å². The smallest absolute Gasteiger partial charge is 0.0927 e. The molecule has 0 bridgehead atoms. The van der Waals surface area contributed by atoms with Gasteiger partial charge in [0.2, 0.25) is 0 Å². The molecule has 15 heavy (non-hydrogen) atoms. The van der Waals surface area contributed by atoms with Gasteiger partial charge < -0.3 is 4.74 Å². The minimum absolute atomic E-state index is 0.314. The zero-order valence-electron chi connectivity index (χ0n) is 10.0. The standard InChI is InChI=1S/C11H21NOS2/c1-6-7-8-10(15-12)14-9(2)11(3,4)13-5/h8H,2,6-7,12H2,1,3-5H3/b10-8+. The predicted molar refractivity (Wildman–Crippen MR) is 72.6 cm³/mol. The average Bonchev–Trinajstić information content (AvgIpc) is 2.23. The van der Waals surface area contributed by atoms with Crippen molar-refractivity contribution in [2.24, 2.45) is 5.14 Å². The van der Waals surface area contributed by atoms with Gasteiger partial charge in [-0.25, -0.2) is 0 Å². The maximum Gasteiger partial charge on any atom is 0.0927 e. The summed E-state index contributed by atoms with van der Waals surface area (Å²) in [6, 6.07) is 0. The van der Waals surface area contributed by atoms with Crippen molar-refractivity contribution in [3.05, 3.63) is 21.8 Å². The van der Waals surface area contributed by atoms with Gasteiger partial charge in [-0.05, 0) is 32.2 Å². The van der Waals surface area contributed by atoms with E-state index in [1.54, 1.807) is 18.9 Å². The maximum absolute atomic E-state index is 5.59. The lowest BCUT2D eigenvalue weighted by molar-refractivity contribution is 0.0627. The van der Waals surface area contributed by atoms with Gasteiger partial charge in [0.05, 0.1) is 9.84 Å². The van der Waals surface area contributed by atoms with E-state index in [2.05, 4.69) is 19.6 Å². The molecule has 0 saturated heterocycles. The highest BCUT2D eigenvalue weighted by atomic mass is 32.2. The molecule has 0 aromatic heterocycles. The zero-order chi connectivity index (χ0) is 11.9. The molecule has 0 heterocycles. The molecule has 4 heteroatoms. The largest absolute Gasteiger partial charge is 0.374 e. The van der Waals surface area contributed by atoms with Gasteiger partial charge in [-0.3, -0.25) is 5.14 Å². The Bertz CT molecular complexity index is 237. The molecule has 2 nitrogen and oxygen atoms in total. The predicted octanol–water partition coefficient (Wildman–Crippen LogP) is 3.91. The first-order valence-electron chi connectivity index (χ1n) is 4.97. The Hall–Kier alpha value is 0.1000. The fourth-order valence-electron chi connectivity index (χ4n) is 0.734. The lowest BCUT2D eigenvalue weighted by Crippen LogP contribution is -2.23. The van der Waals surface area contributed by atoms with Gasteiger partial charge in [-0.15, -0.1) is 0 Å². The van der Waals surface area contributed by atoms with E-state index in [1.165, 1.54) is 11.9 Å². The second-order valence-corrected chi connectivity index (χ2v) is 5.74. The molecule has 0 aliphatic carbocycles. The second-order valence-electron chi connectivity index (χ2n) is 3.67. The van der Waals surface area contributed by atoms with Crippen molar-refractivity contribution in [3.63, 3.8) is 0 Å². The average molecular weight is 247 g/mol. The van der Waals surface area contributed by atoms with E-state index in [4.69, 9.17) is 9.88 Å². The zero-order valence-corrected chi connectivity index (χ0v) is 11.6. The van der Waals surface area contributed by atoms with Crippen LogP contribution in [-0.4, -0.2) is 12.7 Å². The number of hydrogen-bond acceptors (Lipinski definition) is 4. The summed E-state index contributed by atoms with van der Waals surface area (Å²) in [5, 5.41) is 5.59. The molecule has 0 unspecified atom stereocenters. The molecule has 88 valence electrons. The van der Waals surface area contributed by atoms with Gasteiger partial charge in [0.25, 0.3) is 0 Å². The molecule has 0 aliphatic heterocycles. The van der Waals surface area contributed by atoms with E-state index < -0.39 is 0 Å². The van der Waals surface area contributed by atoms with Gasteiger partial charge in [0.15, 0.2) is 0 Å². The van der Waals surface area contributed by atoms with E-state index in [9.17, 15) is 0 Å². The fraction of sp³-hybridized carbons (Fsp3) is 0.636. The first kappa shape index (κ1) is 15.1. The van der Waals surface area contributed by atoms with Crippen LogP contribution >= 0.6 is 23.7 Å². The highest BCUT2D eigenvalue weighted by Crippen LogP contribution is 2.37. The van der Waals surface area contributed by atoms with Crippen LogP contribution in [0, 0.1) is 0 Å². The molecule has 0 atom stereocenters. The number of allylic oxidation sites excluding steroid dienone is 1. The van der Waals surface area contributed by atoms with E-state index in [1.807, 2.05) is 13.8 Å². The third kappa shape index (κ3) is 5.66. The van der Waals surface area contributed by atoms with Crippen molar-refractivity contribution >= 4 is 23.7 Å². The molecule has 0 amide bonds. The Balaban J connectivity index is 4.37. The van der Waals surface area contributed by atoms with Gasteiger partial charge in [0.1, 0.15) is 0 Å². The van der Waals surface area contributed by atoms with Crippen molar-refractivity contribution in [1.29, 1.82) is 0 Å². The number of thioether (sulfide) groups is 1. The Kier molecular flexibility index (Phi) is 7.44. The SMILES string of the molecule is C=C(S/C(=C\CCC)SN)C(C)(C)OC. The number of ether oxygens (including phenoxy) is 1. The van der Waals surface area contributed by atoms with E-state index in [0.29, 0.717) is 0 Å². The third-order valence-electron chi connectivity index (χ3n) is 2.12. The Morgan fingerprint density at radius 3 is 2.53 bits per heavy atom. The molecular weight excluding hydrogens is 226 g/mol. The highest BCUT2D eigenvalue weighted by Gasteiger charge is 2.22. The van der Waals surface area contributed by atoms with Crippen LogP contribution in [-0.2, 0) is 4.74 Å². The van der Waals surface area contributed by atoms with Crippen molar-refractivity contribution < 1.29 is 4.74 Å². The summed E-state index contributed by atoms with van der Waals surface area (Å²) in [7, 11) is 1.69. The van der Waals surface area contributed by atoms with E-state index in [0.717, 1.165) is 22.0 Å². The normalized spacial score (nSPS) is 13.0. The number of unbranched alkanes of at least 4 members (excludes halogenated alkanes) is 1. The summed E-state index contributed by atoms with van der Waals surface area (Å²) in [6.07, 6.45) is 4.32. The van der Waals surface area contributed by atoms with Crippen LogP contribution in [0.5, 0.6) is 0 Å². The minimum atomic E-state index is -0.314. The molecule has 0 aliphatic rings. The summed E-state index contributed by atoms with van der Waals surface area (Å²) >= 11 is 2.87. The van der Waals surface area contributed by atoms with Gasteiger partial charge in [-0.1, -0.05) is 37.8 Å². The first-order chi connectivity index (χ1) is 6.97. The Morgan fingerprint density at radius 1 is 1.53 bits per heavy atom. The highest BCUT2D eigenvalue weighted by molar-refractivity contribution is 8.23. The molecule has 0 aromatic carbocycles. The molecule has 0 rings (SSSR count). The van der Waals surface area contributed by atoms with Crippen LogP contribution < -0.4 is 5.14 Å². The molecule has 0 spiro atoms. The molecule has 0 aromatic rings. The van der Waals surface area contributed by atoms with Gasteiger partial charge >= 0.3 is 0 Å². The second kappa shape index (κ2) is 7.39. The van der Waals surface area contributed by atoms with Gasteiger partial charge in [-0.2, -0.15) is 0 Å². The molecule has 0 saturated carbocycles. The topological polar surface area (TPSA) is 35.2 Å². The van der Waals surface area contributed by atoms with Crippen LogP contribution in [0.15, 0.2) is 21.8 Å². The number of hydrogen-bond donors (Lipinski definition) is 1. The molecule has 2 N–H and O–H groups in total. The Labute approximate surface area is 102 Å². The van der Waals surface area contributed by atoms with Crippen LogP contribution in [0.25, 0.3) is 0 Å². The summed E-state index contributed by atoms with van der Waals surface area (Å²) in [5.41, 5.74) is -0.314. The quantitative estimate of drug-likeness (QED) is 0.692. The number of nitrogens with two attached hydrogens (primary N) is 1. The van der Waals surface area contributed by atoms with Crippen LogP contribution in [0.2, 0.25) is 0 Å². The summed E-state index contributed by atoms with van der Waals surface area (Å²) < 4.78 is 6.44. The van der Waals surface area contributed by atoms with Crippen LogP contribution in [0.3, 0.4) is 0 Å². The summed E-state index contributed by atoms with van der Waals surface area (Å²) in [5.74, 6) is 0. The molecular formula is C11H21NOS2. The first-order valence-corrected chi connectivity index (χ1v) is 6.66. The molecule has 0 radical (unpaired) electrons. The third-order valence-corrected chi connectivity index (χ3v) is 4.16. The lowest BCUT2D eigenvalue weighted by Gasteiger charge is -2.25. The van der Waals surface area contributed by atoms with Crippen molar-refractivity contribution in [1.82, 2.24) is 0 Å². The van der Waals surface area contributed by atoms with Crippen molar-refractivity contribution in [2.75, 3.05) is 7.11 Å². The fourth-order valence-corrected chi connectivity index (χ4v) is 2.22. The van der Waals surface area contributed by atoms with Crippen molar-refractivity contribution in [3.8, 4) is 0 Å². The summed E-state index contributed by atoms with van der Waals surface area (Å²) in [4.78, 5) is 0.977. The monoisotopic (exact) mass is 247 g/mol. The van der Waals surface area contributed by atoms with E-state index >= 15 is 0 Å². The molecule has 0 fully saturated rings. The number of rotatable bonds is 7. The number of methoxy groups -OCH3 is 1. The Morgan fingerprint density at radius 2 is 2.13 bits per heavy atom. The maximum atomic E-state index is 5.59. The summed E-state index contributed by atoms with van der Waals surface area (Å²) in [6.45, 7) is 10.2. The van der Waals surface area contributed by atoms with Crippen LogP contribution in [0.4, 0.5) is 0 Å². The van der Waals surface area contributed by atoms with Crippen LogP contribution in [0.1, 0.15) is 33.6 Å². The minimum Gasteiger partial charge on any atom is -0.374 e.